The third kappa shape index (κ3) is 2.19. The molecule has 15 heavy (non-hydrogen) atoms. The molecule has 0 unspecified atom stereocenters. The van der Waals surface area contributed by atoms with E-state index in [0.29, 0.717) is 0 Å². The molecule has 6 heteroatoms. The van der Waals surface area contributed by atoms with Crippen LogP contribution in [0.4, 0.5) is 0 Å². The fourth-order valence-corrected chi connectivity index (χ4v) is 1.98. The van der Waals surface area contributed by atoms with E-state index in [1.807, 2.05) is 0 Å². The van der Waals surface area contributed by atoms with Gasteiger partial charge in [0, 0.05) is 16.9 Å². The Kier molecular flexibility index (Phi) is 2.50. The smallest absolute Gasteiger partial charge is 0.261 e. The van der Waals surface area contributed by atoms with Gasteiger partial charge in [-0.3, -0.25) is 5.10 Å². The molecule has 4 nitrogen and oxygen atoms in total. The molecule has 0 fully saturated rings. The van der Waals surface area contributed by atoms with Crippen molar-refractivity contribution in [3.05, 3.63) is 36.5 Å². The quantitative estimate of drug-likeness (QED) is 0.820. The second-order valence-corrected chi connectivity index (χ2v) is 5.50. The van der Waals surface area contributed by atoms with Crippen molar-refractivity contribution in [1.82, 2.24) is 10.2 Å². The zero-order valence-electron chi connectivity index (χ0n) is 7.51. The normalized spacial score (nSPS) is 11.5. The van der Waals surface area contributed by atoms with Crippen LogP contribution >= 0.6 is 10.7 Å². The molecule has 0 spiro atoms. The Labute approximate surface area is 91.3 Å². The number of aromatic amines is 1. The van der Waals surface area contributed by atoms with E-state index in [2.05, 4.69) is 10.2 Å². The van der Waals surface area contributed by atoms with Crippen LogP contribution in [0.25, 0.3) is 11.3 Å². The van der Waals surface area contributed by atoms with Crippen LogP contribution in [0.3, 0.4) is 0 Å². The van der Waals surface area contributed by atoms with Crippen molar-refractivity contribution in [2.75, 3.05) is 0 Å². The highest BCUT2D eigenvalue weighted by Gasteiger charge is 2.09. The number of aromatic nitrogens is 2. The summed E-state index contributed by atoms with van der Waals surface area (Å²) >= 11 is 0. The molecule has 1 aromatic carbocycles. The number of H-pyrrole nitrogens is 1. The molecule has 0 aliphatic carbocycles. The molecule has 0 saturated heterocycles. The van der Waals surface area contributed by atoms with E-state index < -0.39 is 9.05 Å². The van der Waals surface area contributed by atoms with Gasteiger partial charge in [0.2, 0.25) is 0 Å². The minimum Gasteiger partial charge on any atom is -0.278 e. The highest BCUT2D eigenvalue weighted by atomic mass is 35.7. The maximum Gasteiger partial charge on any atom is 0.261 e. The number of nitrogens with one attached hydrogen (secondary N) is 1. The predicted octanol–water partition coefficient (Wildman–Crippen LogP) is 2.00. The first-order valence-corrected chi connectivity index (χ1v) is 6.43. The zero-order valence-corrected chi connectivity index (χ0v) is 9.09. The van der Waals surface area contributed by atoms with Gasteiger partial charge in [-0.2, -0.15) is 5.10 Å². The monoisotopic (exact) mass is 242 g/mol. The lowest BCUT2D eigenvalue weighted by molar-refractivity contribution is 0.609. The SMILES string of the molecule is O=S(=O)(Cl)c1ccc(-c2ccn[nH]2)cc1. The number of benzene rings is 1. The van der Waals surface area contributed by atoms with Gasteiger partial charge in [-0.1, -0.05) is 12.1 Å². The molecular formula is C9H7ClN2O2S. The van der Waals surface area contributed by atoms with Crippen molar-refractivity contribution in [3.8, 4) is 11.3 Å². The number of rotatable bonds is 2. The molecule has 78 valence electrons. The Balaban J connectivity index is 2.42. The van der Waals surface area contributed by atoms with Gasteiger partial charge in [-0.25, -0.2) is 8.42 Å². The molecule has 2 rings (SSSR count). The molecule has 2 aromatic rings. The maximum atomic E-state index is 11.0. The van der Waals surface area contributed by atoms with Crippen molar-refractivity contribution in [3.63, 3.8) is 0 Å². The number of hydrogen-bond donors (Lipinski definition) is 1. The molecule has 1 aromatic heterocycles. The largest absolute Gasteiger partial charge is 0.278 e. The van der Waals surface area contributed by atoms with Gasteiger partial charge in [0.05, 0.1) is 10.6 Å². The predicted molar refractivity (Wildman–Crippen MR) is 57.1 cm³/mol. The van der Waals surface area contributed by atoms with Crippen LogP contribution in [0.1, 0.15) is 0 Å². The average Bonchev–Trinajstić information content (AvgIpc) is 2.69. The van der Waals surface area contributed by atoms with Crippen LogP contribution in [0.5, 0.6) is 0 Å². The summed E-state index contributed by atoms with van der Waals surface area (Å²) < 4.78 is 22.0. The molecule has 0 aliphatic rings. The summed E-state index contributed by atoms with van der Waals surface area (Å²) in [5, 5.41) is 6.58. The first kappa shape index (κ1) is 10.2. The van der Waals surface area contributed by atoms with Gasteiger partial charge in [0.1, 0.15) is 0 Å². The standard InChI is InChI=1S/C9H7ClN2O2S/c10-15(13,14)8-3-1-7(2-4-8)9-5-6-11-12-9/h1-6H,(H,11,12). The lowest BCUT2D eigenvalue weighted by Crippen LogP contribution is -1.89. The van der Waals surface area contributed by atoms with E-state index in [1.54, 1.807) is 24.4 Å². The van der Waals surface area contributed by atoms with Crippen LogP contribution in [-0.4, -0.2) is 18.6 Å². The highest BCUT2D eigenvalue weighted by molar-refractivity contribution is 8.13. The second kappa shape index (κ2) is 3.67. The molecule has 0 aliphatic heterocycles. The van der Waals surface area contributed by atoms with Crippen molar-refractivity contribution < 1.29 is 8.42 Å². The first-order chi connectivity index (χ1) is 7.07. The zero-order chi connectivity index (χ0) is 10.9. The van der Waals surface area contributed by atoms with Crippen molar-refractivity contribution >= 4 is 19.7 Å². The van der Waals surface area contributed by atoms with E-state index in [4.69, 9.17) is 10.7 Å². The Morgan fingerprint density at radius 3 is 2.27 bits per heavy atom. The van der Waals surface area contributed by atoms with Crippen molar-refractivity contribution in [1.29, 1.82) is 0 Å². The fourth-order valence-electron chi connectivity index (χ4n) is 1.21. The topological polar surface area (TPSA) is 62.8 Å². The van der Waals surface area contributed by atoms with Crippen LogP contribution < -0.4 is 0 Å². The maximum absolute atomic E-state index is 11.0. The summed E-state index contributed by atoms with van der Waals surface area (Å²) in [5.41, 5.74) is 1.69. The Bertz CT molecular complexity index is 546. The summed E-state index contributed by atoms with van der Waals surface area (Å²) in [4.78, 5) is 0.0902. The number of hydrogen-bond acceptors (Lipinski definition) is 3. The third-order valence-corrected chi connectivity index (χ3v) is 3.32. The van der Waals surface area contributed by atoms with Gasteiger partial charge in [-0.15, -0.1) is 0 Å². The van der Waals surface area contributed by atoms with E-state index in [0.717, 1.165) is 11.3 Å². The summed E-state index contributed by atoms with van der Waals surface area (Å²) in [5.74, 6) is 0. The molecule has 1 N–H and O–H groups in total. The van der Waals surface area contributed by atoms with Gasteiger partial charge >= 0.3 is 0 Å². The average molecular weight is 243 g/mol. The summed E-state index contributed by atoms with van der Waals surface area (Å²) in [6, 6.07) is 8.05. The second-order valence-electron chi connectivity index (χ2n) is 2.93. The van der Waals surface area contributed by atoms with Crippen molar-refractivity contribution in [2.45, 2.75) is 4.90 Å². The molecule has 0 atom stereocenters. The Hall–Kier alpha value is -1.33. The van der Waals surface area contributed by atoms with Crippen LogP contribution in [0.2, 0.25) is 0 Å². The lowest BCUT2D eigenvalue weighted by Gasteiger charge is -1.98. The van der Waals surface area contributed by atoms with Gasteiger partial charge in [0.15, 0.2) is 0 Å². The fraction of sp³-hybridized carbons (Fsp3) is 0. The number of halogens is 1. The van der Waals surface area contributed by atoms with Gasteiger partial charge < -0.3 is 0 Å². The van der Waals surface area contributed by atoms with Crippen LogP contribution in [-0.2, 0) is 9.05 Å². The Morgan fingerprint density at radius 2 is 1.80 bits per heavy atom. The van der Waals surface area contributed by atoms with E-state index in [1.165, 1.54) is 12.1 Å². The lowest BCUT2D eigenvalue weighted by atomic mass is 10.2. The van der Waals surface area contributed by atoms with Gasteiger partial charge in [-0.05, 0) is 23.8 Å². The molecule has 0 amide bonds. The molecule has 0 bridgehead atoms. The molecule has 0 radical (unpaired) electrons. The van der Waals surface area contributed by atoms with Gasteiger partial charge in [0.25, 0.3) is 9.05 Å². The van der Waals surface area contributed by atoms with E-state index >= 15 is 0 Å². The first-order valence-electron chi connectivity index (χ1n) is 4.12. The van der Waals surface area contributed by atoms with Crippen LogP contribution in [0.15, 0.2) is 41.4 Å². The minimum absolute atomic E-state index is 0.0902. The summed E-state index contributed by atoms with van der Waals surface area (Å²) in [6.07, 6.45) is 1.63. The molecule has 0 saturated carbocycles. The van der Waals surface area contributed by atoms with E-state index in [-0.39, 0.29) is 4.90 Å². The summed E-state index contributed by atoms with van der Waals surface area (Å²) in [7, 11) is 1.55. The van der Waals surface area contributed by atoms with Crippen LogP contribution in [0, 0.1) is 0 Å². The third-order valence-electron chi connectivity index (χ3n) is 1.95. The molecule has 1 heterocycles. The van der Waals surface area contributed by atoms with Crippen molar-refractivity contribution in [2.24, 2.45) is 0 Å². The highest BCUT2D eigenvalue weighted by Crippen LogP contribution is 2.20. The minimum atomic E-state index is -3.64. The number of nitrogens with zero attached hydrogens (tertiary/aromatic N) is 1. The Morgan fingerprint density at radius 1 is 1.13 bits per heavy atom. The molecular weight excluding hydrogens is 236 g/mol. The van der Waals surface area contributed by atoms with E-state index in [9.17, 15) is 8.42 Å². The summed E-state index contributed by atoms with van der Waals surface area (Å²) in [6.45, 7) is 0.